The van der Waals surface area contributed by atoms with E-state index in [4.69, 9.17) is 0 Å². The van der Waals surface area contributed by atoms with Crippen LogP contribution in [0.1, 0.15) is 42.5 Å². The summed E-state index contributed by atoms with van der Waals surface area (Å²) in [5.74, 6) is 0. The second kappa shape index (κ2) is 2.33. The molecule has 3 rings (SSSR count). The third-order valence-electron chi connectivity index (χ3n) is 3.13. The van der Waals surface area contributed by atoms with E-state index in [1.165, 1.54) is 19.3 Å². The monoisotopic (exact) mass is 159 g/mol. The molecule has 1 nitrogen and oxygen atoms in total. The van der Waals surface area contributed by atoms with Gasteiger partial charge in [-0.15, -0.1) is 0 Å². The lowest BCUT2D eigenvalue weighted by atomic mass is 10.0. The highest BCUT2D eigenvalue weighted by Gasteiger charge is 2.32. The Bertz CT molecular complexity index is 277. The zero-order valence-corrected chi connectivity index (χ0v) is 7.09. The normalized spacial score (nSPS) is 31.7. The summed E-state index contributed by atoms with van der Waals surface area (Å²) in [5, 5.41) is 3.66. The fourth-order valence-electron chi connectivity index (χ4n) is 2.57. The van der Waals surface area contributed by atoms with Crippen LogP contribution in [0.4, 0.5) is 0 Å². The number of hydrogen-bond acceptors (Lipinski definition) is 1. The maximum atomic E-state index is 3.66. The zero-order chi connectivity index (χ0) is 7.97. The molecule has 1 saturated heterocycles. The van der Waals surface area contributed by atoms with Crippen molar-refractivity contribution in [2.24, 2.45) is 0 Å². The minimum atomic E-state index is 0.667. The molecule has 0 spiro atoms. The van der Waals surface area contributed by atoms with Crippen LogP contribution in [0.3, 0.4) is 0 Å². The molecule has 2 atom stereocenters. The summed E-state index contributed by atoms with van der Waals surface area (Å²) in [6.07, 6.45) is 4.04. The number of benzene rings is 1. The molecular formula is C11H13N. The third-order valence-corrected chi connectivity index (χ3v) is 3.13. The summed E-state index contributed by atoms with van der Waals surface area (Å²) < 4.78 is 0. The van der Waals surface area contributed by atoms with Crippen LogP contribution in [0.25, 0.3) is 0 Å². The first-order valence-electron chi connectivity index (χ1n) is 4.80. The van der Waals surface area contributed by atoms with Gasteiger partial charge in [0.2, 0.25) is 0 Å². The Kier molecular flexibility index (Phi) is 1.30. The van der Waals surface area contributed by atoms with E-state index >= 15 is 0 Å². The number of piperidine rings is 1. The van der Waals surface area contributed by atoms with Crippen LogP contribution in [-0.4, -0.2) is 0 Å². The van der Waals surface area contributed by atoms with Crippen molar-refractivity contribution in [3.8, 4) is 0 Å². The van der Waals surface area contributed by atoms with E-state index in [0.29, 0.717) is 12.1 Å². The Hall–Kier alpha value is -0.820. The van der Waals surface area contributed by atoms with Gasteiger partial charge in [-0.25, -0.2) is 0 Å². The maximum absolute atomic E-state index is 3.66. The Balaban J connectivity index is 2.16. The largest absolute Gasteiger partial charge is 0.303 e. The molecule has 0 aromatic heterocycles. The van der Waals surface area contributed by atoms with Crippen molar-refractivity contribution in [3.05, 3.63) is 35.4 Å². The molecule has 1 N–H and O–H groups in total. The van der Waals surface area contributed by atoms with Crippen LogP contribution in [0, 0.1) is 0 Å². The molecule has 1 aromatic carbocycles. The molecule has 0 aliphatic carbocycles. The lowest BCUT2D eigenvalue weighted by Crippen LogP contribution is -2.22. The highest BCUT2D eigenvalue weighted by atomic mass is 15.0. The molecule has 1 aromatic rings. The maximum Gasteiger partial charge on any atom is 0.0329 e. The van der Waals surface area contributed by atoms with E-state index in [0.717, 1.165) is 0 Å². The van der Waals surface area contributed by atoms with Gasteiger partial charge >= 0.3 is 0 Å². The lowest BCUT2D eigenvalue weighted by molar-refractivity contribution is 0.370. The number of rotatable bonds is 0. The van der Waals surface area contributed by atoms with E-state index in [1.807, 2.05) is 0 Å². The van der Waals surface area contributed by atoms with E-state index in [2.05, 4.69) is 29.6 Å². The zero-order valence-electron chi connectivity index (χ0n) is 7.09. The van der Waals surface area contributed by atoms with Crippen molar-refractivity contribution in [3.63, 3.8) is 0 Å². The fourth-order valence-corrected chi connectivity index (χ4v) is 2.57. The molecule has 62 valence electrons. The summed E-state index contributed by atoms with van der Waals surface area (Å²) in [6, 6.07) is 10.2. The van der Waals surface area contributed by atoms with Gasteiger partial charge in [0, 0.05) is 12.1 Å². The summed E-state index contributed by atoms with van der Waals surface area (Å²) in [4.78, 5) is 0. The Morgan fingerprint density at radius 3 is 2.17 bits per heavy atom. The van der Waals surface area contributed by atoms with Gasteiger partial charge in [0.05, 0.1) is 0 Å². The van der Waals surface area contributed by atoms with E-state index in [1.54, 1.807) is 11.1 Å². The molecule has 1 fully saturated rings. The van der Waals surface area contributed by atoms with Gasteiger partial charge in [-0.2, -0.15) is 0 Å². The fraction of sp³-hybridized carbons (Fsp3) is 0.455. The van der Waals surface area contributed by atoms with Crippen molar-refractivity contribution in [1.29, 1.82) is 0 Å². The van der Waals surface area contributed by atoms with Crippen LogP contribution in [-0.2, 0) is 0 Å². The van der Waals surface area contributed by atoms with Crippen LogP contribution in [0.5, 0.6) is 0 Å². The third kappa shape index (κ3) is 0.774. The molecule has 2 aliphatic heterocycles. The lowest BCUT2D eigenvalue weighted by Gasteiger charge is -2.20. The van der Waals surface area contributed by atoms with Gasteiger partial charge in [0.1, 0.15) is 0 Å². The van der Waals surface area contributed by atoms with Crippen LogP contribution >= 0.6 is 0 Å². The summed E-state index contributed by atoms with van der Waals surface area (Å²) >= 11 is 0. The van der Waals surface area contributed by atoms with Gasteiger partial charge in [-0.1, -0.05) is 24.3 Å². The van der Waals surface area contributed by atoms with Crippen molar-refractivity contribution < 1.29 is 0 Å². The molecule has 0 saturated carbocycles. The molecular weight excluding hydrogens is 146 g/mol. The van der Waals surface area contributed by atoms with Gasteiger partial charge in [0.25, 0.3) is 0 Å². The average Bonchev–Trinajstić information content (AvgIpc) is 2.41. The first-order valence-corrected chi connectivity index (χ1v) is 4.80. The van der Waals surface area contributed by atoms with Crippen molar-refractivity contribution in [2.75, 3.05) is 0 Å². The van der Waals surface area contributed by atoms with Crippen LogP contribution < -0.4 is 5.32 Å². The quantitative estimate of drug-likeness (QED) is 0.613. The van der Waals surface area contributed by atoms with Gasteiger partial charge < -0.3 is 5.32 Å². The van der Waals surface area contributed by atoms with E-state index < -0.39 is 0 Å². The minimum absolute atomic E-state index is 0.667. The topological polar surface area (TPSA) is 12.0 Å². The second-order valence-electron chi connectivity index (χ2n) is 3.83. The standard InChI is InChI=1S/C11H13N/c1-2-5-9-8(4-1)10-6-3-7-11(9)12-10/h1-2,4-5,10-12H,3,6-7H2. The smallest absolute Gasteiger partial charge is 0.0329 e. The van der Waals surface area contributed by atoms with Gasteiger partial charge in [-0.05, 0) is 30.4 Å². The number of fused-ring (bicyclic) bond motifs is 5. The van der Waals surface area contributed by atoms with Crippen molar-refractivity contribution in [1.82, 2.24) is 5.32 Å². The average molecular weight is 159 g/mol. The van der Waals surface area contributed by atoms with Crippen molar-refractivity contribution in [2.45, 2.75) is 31.3 Å². The first-order chi connectivity index (χ1) is 5.95. The SMILES string of the molecule is c1ccc2c(c1)C1CCCC2N1. The summed E-state index contributed by atoms with van der Waals surface area (Å²) in [6.45, 7) is 0. The predicted octanol–water partition coefficient (Wildman–Crippen LogP) is 2.56. The Morgan fingerprint density at radius 2 is 1.58 bits per heavy atom. The second-order valence-corrected chi connectivity index (χ2v) is 3.83. The van der Waals surface area contributed by atoms with Crippen molar-refractivity contribution >= 4 is 0 Å². The number of hydrogen-bond donors (Lipinski definition) is 1. The Labute approximate surface area is 72.8 Å². The van der Waals surface area contributed by atoms with Gasteiger partial charge in [0.15, 0.2) is 0 Å². The molecule has 1 heteroatoms. The summed E-state index contributed by atoms with van der Waals surface area (Å²) in [7, 11) is 0. The molecule has 2 aliphatic rings. The highest BCUT2D eigenvalue weighted by Crippen LogP contribution is 2.42. The first kappa shape index (κ1) is 6.67. The molecule has 0 radical (unpaired) electrons. The van der Waals surface area contributed by atoms with Gasteiger partial charge in [-0.3, -0.25) is 0 Å². The molecule has 2 unspecified atom stereocenters. The van der Waals surface area contributed by atoms with E-state index in [-0.39, 0.29) is 0 Å². The highest BCUT2D eigenvalue weighted by molar-refractivity contribution is 5.38. The minimum Gasteiger partial charge on any atom is -0.303 e. The van der Waals surface area contributed by atoms with Crippen LogP contribution in [0.15, 0.2) is 24.3 Å². The molecule has 2 bridgehead atoms. The molecule has 2 heterocycles. The Morgan fingerprint density at radius 1 is 1.00 bits per heavy atom. The van der Waals surface area contributed by atoms with Crippen LogP contribution in [0.2, 0.25) is 0 Å². The summed E-state index contributed by atoms with van der Waals surface area (Å²) in [5.41, 5.74) is 3.11. The molecule has 0 amide bonds. The molecule has 12 heavy (non-hydrogen) atoms. The number of nitrogens with one attached hydrogen (secondary N) is 1. The predicted molar refractivity (Wildman–Crippen MR) is 48.9 cm³/mol. The van der Waals surface area contributed by atoms with E-state index in [9.17, 15) is 0 Å².